The van der Waals surface area contributed by atoms with Gasteiger partial charge in [-0.15, -0.1) is 10.2 Å². The van der Waals surface area contributed by atoms with Crippen LogP contribution in [-0.2, 0) is 0 Å². The summed E-state index contributed by atoms with van der Waals surface area (Å²) >= 11 is 5.88. The summed E-state index contributed by atoms with van der Waals surface area (Å²) in [4.78, 5) is 8.88. The van der Waals surface area contributed by atoms with E-state index >= 15 is 0 Å². The summed E-state index contributed by atoms with van der Waals surface area (Å²) in [6.07, 6.45) is 2.98. The molecule has 0 aliphatic carbocycles. The second-order valence-corrected chi connectivity index (χ2v) is 4.39. The van der Waals surface area contributed by atoms with Crippen LogP contribution in [0.1, 0.15) is 48.5 Å². The minimum absolute atomic E-state index is 0.0635. The molecular weight excluding hydrogens is 264 g/mol. The topological polar surface area (TPSA) is 59.7 Å². The van der Waals surface area contributed by atoms with Crippen molar-refractivity contribution >= 4 is 17.4 Å². The van der Waals surface area contributed by atoms with Crippen LogP contribution >= 0.6 is 11.6 Å². The first-order valence-corrected chi connectivity index (χ1v) is 6.03. The highest BCUT2D eigenvalue weighted by Crippen LogP contribution is 2.39. The molecule has 0 unspecified atom stereocenters. The largest absolute Gasteiger partial charge is 0.342 e. The van der Waals surface area contributed by atoms with Gasteiger partial charge < -0.3 is 4.90 Å². The lowest BCUT2D eigenvalue weighted by molar-refractivity contribution is 0.497. The van der Waals surface area contributed by atoms with Crippen molar-refractivity contribution in [3.05, 3.63) is 23.6 Å². The van der Waals surface area contributed by atoms with E-state index in [0.717, 1.165) is 4.90 Å². The van der Waals surface area contributed by atoms with Crippen molar-refractivity contribution in [1.82, 2.24) is 24.7 Å². The molecule has 0 saturated heterocycles. The molecule has 1 aliphatic rings. The highest BCUT2D eigenvalue weighted by atomic mass is 35.5. The fourth-order valence-electron chi connectivity index (χ4n) is 2.24. The maximum absolute atomic E-state index is 8.59. The molecule has 100 valence electrons. The highest BCUT2D eigenvalue weighted by Gasteiger charge is 2.34. The Kier molecular flexibility index (Phi) is 1.56. The first-order valence-electron chi connectivity index (χ1n) is 9.15. The van der Waals surface area contributed by atoms with Gasteiger partial charge in [-0.05, 0) is 31.7 Å². The third kappa shape index (κ3) is 1.78. The van der Waals surface area contributed by atoms with Crippen LogP contribution in [0.3, 0.4) is 0 Å². The van der Waals surface area contributed by atoms with Crippen LogP contribution in [0.15, 0.2) is 12.5 Å². The number of halogens is 1. The molecule has 0 aromatic carbocycles. The lowest BCUT2D eigenvalue weighted by Gasteiger charge is -2.39. The Morgan fingerprint density at radius 3 is 3.16 bits per heavy atom. The molecule has 3 rings (SSSR count). The predicted molar refractivity (Wildman–Crippen MR) is 72.6 cm³/mol. The number of nitrogens with zero attached hydrogens (tertiary/aromatic N) is 6. The Morgan fingerprint density at radius 2 is 2.42 bits per heavy atom. The summed E-state index contributed by atoms with van der Waals surface area (Å²) < 4.78 is 57.0. The van der Waals surface area contributed by atoms with Crippen molar-refractivity contribution in [3.8, 4) is 5.69 Å². The Hall–Kier alpha value is -1.69. The standard InChI is InChI=1S/C12H15ClN6/c1-4-8-11-17-15-6-18(11)9-5-14-12(13)16-10(9)19(8)7(2)3/h5-8H,4H2,1-3H3/t8-/m1/s1/i2D3,3D3,7D. The second-order valence-electron chi connectivity index (χ2n) is 4.05. The van der Waals surface area contributed by atoms with Gasteiger partial charge in [0.15, 0.2) is 11.6 Å². The lowest BCUT2D eigenvalue weighted by Crippen LogP contribution is -2.40. The number of hydrogen-bond acceptors (Lipinski definition) is 5. The van der Waals surface area contributed by atoms with Gasteiger partial charge in [-0.25, -0.2) is 4.98 Å². The third-order valence-corrected chi connectivity index (χ3v) is 3.20. The van der Waals surface area contributed by atoms with Crippen molar-refractivity contribution in [3.63, 3.8) is 0 Å². The molecule has 19 heavy (non-hydrogen) atoms. The number of hydrogen-bond donors (Lipinski definition) is 0. The maximum Gasteiger partial charge on any atom is 0.224 e. The summed E-state index contributed by atoms with van der Waals surface area (Å²) in [5, 5.41) is 7.61. The smallest absolute Gasteiger partial charge is 0.224 e. The van der Waals surface area contributed by atoms with Gasteiger partial charge in [0, 0.05) is 14.2 Å². The molecule has 0 bridgehead atoms. The maximum atomic E-state index is 8.59. The molecule has 7 heteroatoms. The summed E-state index contributed by atoms with van der Waals surface area (Å²) in [6.45, 7) is -4.63. The number of aromatic nitrogens is 5. The van der Waals surface area contributed by atoms with Gasteiger partial charge in [0.05, 0.1) is 13.6 Å². The number of rotatable bonds is 2. The van der Waals surface area contributed by atoms with Crippen molar-refractivity contribution in [2.45, 2.75) is 39.1 Å². The SMILES string of the molecule is [2H]C([2H])([2H])C([2H])(N1c2nc(Cl)ncc2-n2cnnc2[C@H]1CC)C([2H])([2H])[2H]. The minimum atomic E-state index is -3.18. The van der Waals surface area contributed by atoms with Crippen LogP contribution < -0.4 is 4.90 Å². The van der Waals surface area contributed by atoms with E-state index in [0.29, 0.717) is 5.82 Å². The molecule has 0 fully saturated rings. The van der Waals surface area contributed by atoms with Crippen molar-refractivity contribution in [1.29, 1.82) is 0 Å². The van der Waals surface area contributed by atoms with E-state index in [-0.39, 0.29) is 23.2 Å². The first-order chi connectivity index (χ1) is 11.9. The molecule has 1 aliphatic heterocycles. The first kappa shape index (κ1) is 6.65. The van der Waals surface area contributed by atoms with Crippen LogP contribution in [0, 0.1) is 0 Å². The Labute approximate surface area is 126 Å². The van der Waals surface area contributed by atoms with Crippen LogP contribution in [0.4, 0.5) is 5.82 Å². The molecule has 1 atom stereocenters. The van der Waals surface area contributed by atoms with Gasteiger partial charge in [-0.2, -0.15) is 4.98 Å². The van der Waals surface area contributed by atoms with Gasteiger partial charge >= 0.3 is 0 Å². The van der Waals surface area contributed by atoms with E-state index in [1.807, 2.05) is 0 Å². The quantitative estimate of drug-likeness (QED) is 0.793. The molecule has 0 radical (unpaired) electrons. The monoisotopic (exact) mass is 285 g/mol. The molecule has 0 saturated carbocycles. The van der Waals surface area contributed by atoms with E-state index in [9.17, 15) is 0 Å². The van der Waals surface area contributed by atoms with Crippen molar-refractivity contribution in [2.75, 3.05) is 4.90 Å². The molecule has 2 aromatic heterocycles. The van der Waals surface area contributed by atoms with E-state index in [2.05, 4.69) is 20.2 Å². The molecule has 0 spiro atoms. The molecular formula is C12H15ClN6. The van der Waals surface area contributed by atoms with Crippen LogP contribution in [0.2, 0.25) is 5.28 Å². The fraction of sp³-hybridized carbons (Fsp3) is 0.500. The molecule has 0 N–H and O–H groups in total. The van der Waals surface area contributed by atoms with Crippen molar-refractivity contribution < 1.29 is 9.60 Å². The zero-order valence-electron chi connectivity index (χ0n) is 17.0. The van der Waals surface area contributed by atoms with E-state index in [4.69, 9.17) is 21.2 Å². The van der Waals surface area contributed by atoms with Crippen LogP contribution in [0.25, 0.3) is 5.69 Å². The number of anilines is 1. The Morgan fingerprint density at radius 1 is 1.58 bits per heavy atom. The highest BCUT2D eigenvalue weighted by molar-refractivity contribution is 6.28. The van der Waals surface area contributed by atoms with E-state index in [1.165, 1.54) is 17.1 Å². The van der Waals surface area contributed by atoms with Gasteiger partial charge in [0.25, 0.3) is 0 Å². The summed E-state index contributed by atoms with van der Waals surface area (Å²) in [7, 11) is 0. The number of fused-ring (bicyclic) bond motifs is 3. The Balaban J connectivity index is 2.37. The molecule has 6 nitrogen and oxygen atoms in total. The second kappa shape index (κ2) is 4.45. The zero-order chi connectivity index (χ0) is 19.5. The van der Waals surface area contributed by atoms with E-state index in [1.54, 1.807) is 6.92 Å². The average molecular weight is 286 g/mol. The lowest BCUT2D eigenvalue weighted by atomic mass is 10.1. The summed E-state index contributed by atoms with van der Waals surface area (Å²) in [6, 6.07) is -3.83. The Bertz CT molecular complexity index is 818. The fourth-order valence-corrected chi connectivity index (χ4v) is 2.37. The van der Waals surface area contributed by atoms with E-state index < -0.39 is 25.8 Å². The van der Waals surface area contributed by atoms with Crippen molar-refractivity contribution in [2.24, 2.45) is 0 Å². The van der Waals surface area contributed by atoms with Gasteiger partial charge in [0.2, 0.25) is 5.28 Å². The molecule has 3 heterocycles. The zero-order valence-corrected chi connectivity index (χ0v) is 10.8. The van der Waals surface area contributed by atoms with Gasteiger partial charge in [-0.3, -0.25) is 4.57 Å². The molecule has 2 aromatic rings. The summed E-state index contributed by atoms with van der Waals surface area (Å²) in [5.41, 5.74) is 0.254. The minimum Gasteiger partial charge on any atom is -0.342 e. The van der Waals surface area contributed by atoms with Crippen LogP contribution in [-0.4, -0.2) is 30.8 Å². The molecule has 0 amide bonds. The van der Waals surface area contributed by atoms with Crippen LogP contribution in [0.5, 0.6) is 0 Å². The average Bonchev–Trinajstić information content (AvgIpc) is 2.99. The third-order valence-electron chi connectivity index (χ3n) is 3.02. The van der Waals surface area contributed by atoms with Gasteiger partial charge in [0.1, 0.15) is 12.0 Å². The predicted octanol–water partition coefficient (Wildman–Crippen LogP) is 2.39. The van der Waals surface area contributed by atoms with Gasteiger partial charge in [-0.1, -0.05) is 6.92 Å². The summed E-state index contributed by atoms with van der Waals surface area (Å²) in [5.74, 6) is 0.238. The normalized spacial score (nSPS) is 24.8.